The van der Waals surface area contributed by atoms with Crippen LogP contribution in [0.5, 0.6) is 0 Å². The molecule has 8 heteroatoms. The Balaban J connectivity index is 1.36. The van der Waals surface area contributed by atoms with Crippen LogP contribution in [0.3, 0.4) is 0 Å². The van der Waals surface area contributed by atoms with E-state index in [1.807, 2.05) is 48.2 Å². The molecular formula is C33H30N4O4. The van der Waals surface area contributed by atoms with Gasteiger partial charge in [0.15, 0.2) is 6.23 Å². The van der Waals surface area contributed by atoms with Crippen LogP contribution in [-0.2, 0) is 4.74 Å². The number of nitrogens with zero attached hydrogens (tertiary/aromatic N) is 2. The molecule has 2 unspecified atom stereocenters. The van der Waals surface area contributed by atoms with Crippen LogP contribution < -0.4 is 10.6 Å². The average Bonchev–Trinajstić information content (AvgIpc) is 3.79. The second-order valence-corrected chi connectivity index (χ2v) is 11.1. The molecule has 0 aromatic heterocycles. The van der Waals surface area contributed by atoms with E-state index >= 15 is 0 Å². The Kier molecular flexibility index (Phi) is 5.38. The van der Waals surface area contributed by atoms with E-state index < -0.39 is 0 Å². The van der Waals surface area contributed by atoms with Crippen molar-refractivity contribution in [2.24, 2.45) is 0 Å². The van der Waals surface area contributed by atoms with Gasteiger partial charge in [-0.15, -0.1) is 0 Å². The first kappa shape index (κ1) is 24.7. The zero-order valence-electron chi connectivity index (χ0n) is 23.0. The van der Waals surface area contributed by atoms with Crippen LogP contribution in [0.25, 0.3) is 43.1 Å². The molecule has 0 aliphatic carbocycles. The molecule has 0 saturated carbocycles. The minimum absolute atomic E-state index is 0.0113. The Morgan fingerprint density at radius 2 is 1.15 bits per heavy atom. The molecule has 3 heterocycles. The maximum absolute atomic E-state index is 13.9. The van der Waals surface area contributed by atoms with Gasteiger partial charge >= 0.3 is 0 Å². The summed E-state index contributed by atoms with van der Waals surface area (Å²) in [5.41, 5.74) is 2.86. The summed E-state index contributed by atoms with van der Waals surface area (Å²) in [5.74, 6) is -0.517. The number of ether oxygens (including phenoxy) is 1. The summed E-state index contributed by atoms with van der Waals surface area (Å²) in [6, 6.07) is 15.9. The largest absolute Gasteiger partial charge is 0.342 e. The zero-order chi connectivity index (χ0) is 28.0. The van der Waals surface area contributed by atoms with E-state index in [-0.39, 0.29) is 30.1 Å². The maximum Gasteiger partial charge on any atom is 0.261 e. The summed E-state index contributed by atoms with van der Waals surface area (Å²) >= 11 is 0. The number of imide groups is 1. The topological polar surface area (TPSA) is 94.3 Å². The van der Waals surface area contributed by atoms with Gasteiger partial charge in [0.25, 0.3) is 17.7 Å². The Bertz CT molecular complexity index is 1880. The molecule has 8 nitrogen and oxygen atoms in total. The molecule has 5 aromatic carbocycles. The lowest BCUT2D eigenvalue weighted by atomic mass is 9.83. The minimum atomic E-state index is -0.253. The van der Waals surface area contributed by atoms with Gasteiger partial charge in [-0.05, 0) is 69.2 Å². The highest BCUT2D eigenvalue weighted by Gasteiger charge is 2.50. The number of benzene rings is 5. The number of likely N-dealkylation sites (N-methyl/N-ethyl adjacent to an activating group) is 2. The monoisotopic (exact) mass is 546 g/mol. The molecule has 3 aliphatic rings. The van der Waals surface area contributed by atoms with E-state index in [0.29, 0.717) is 42.9 Å². The van der Waals surface area contributed by atoms with Gasteiger partial charge in [-0.3, -0.25) is 19.3 Å². The number of nitrogens with one attached hydrogen (secondary N) is 2. The van der Waals surface area contributed by atoms with Crippen LogP contribution >= 0.6 is 0 Å². The van der Waals surface area contributed by atoms with E-state index in [4.69, 9.17) is 4.74 Å². The third-order valence-electron chi connectivity index (χ3n) is 9.00. The molecule has 2 atom stereocenters. The third-order valence-corrected chi connectivity index (χ3v) is 9.00. The molecular weight excluding hydrogens is 516 g/mol. The highest BCUT2D eigenvalue weighted by Crippen LogP contribution is 2.51. The molecule has 5 aromatic rings. The molecule has 41 heavy (non-hydrogen) atoms. The van der Waals surface area contributed by atoms with Crippen molar-refractivity contribution in [3.8, 4) is 0 Å². The summed E-state index contributed by atoms with van der Waals surface area (Å²) in [4.78, 5) is 44.2. The van der Waals surface area contributed by atoms with Crippen molar-refractivity contribution in [1.82, 2.24) is 20.4 Å². The standard InChI is InChI=1S/C33H30N4O4/c1-3-34-13-15-36-30(38)23-11-7-19-17-5-9-21-27-22(32(40)37(16-14-35-4-2)33-29(21)41-33)10-6-18(25(17)27)20-8-12-24(31(36)39)28(23)26(19)20/h5-12,29,33-35H,3-4,13-16H2,1-2H3. The van der Waals surface area contributed by atoms with Crippen LogP contribution in [0.2, 0.25) is 0 Å². The Labute approximate surface area is 236 Å². The van der Waals surface area contributed by atoms with Crippen molar-refractivity contribution >= 4 is 60.8 Å². The predicted molar refractivity (Wildman–Crippen MR) is 159 cm³/mol. The second kappa shape index (κ2) is 8.94. The number of amides is 3. The fourth-order valence-electron chi connectivity index (χ4n) is 7.08. The van der Waals surface area contributed by atoms with E-state index in [1.54, 1.807) is 0 Å². The number of hydrogen-bond donors (Lipinski definition) is 2. The summed E-state index contributed by atoms with van der Waals surface area (Å²) in [5, 5.41) is 14.1. The van der Waals surface area contributed by atoms with Crippen molar-refractivity contribution in [3.05, 3.63) is 70.8 Å². The van der Waals surface area contributed by atoms with Crippen LogP contribution in [0.1, 0.15) is 56.6 Å². The first-order valence-corrected chi connectivity index (χ1v) is 14.5. The van der Waals surface area contributed by atoms with Gasteiger partial charge in [0.2, 0.25) is 0 Å². The second-order valence-electron chi connectivity index (χ2n) is 11.1. The summed E-state index contributed by atoms with van der Waals surface area (Å²) in [7, 11) is 0. The lowest BCUT2D eigenvalue weighted by molar-refractivity contribution is 0.0610. The highest BCUT2D eigenvalue weighted by molar-refractivity contribution is 6.39. The normalized spacial score (nSPS) is 19.7. The quantitative estimate of drug-likeness (QED) is 0.0985. The van der Waals surface area contributed by atoms with Crippen LogP contribution in [-0.4, -0.2) is 73.0 Å². The van der Waals surface area contributed by atoms with Gasteiger partial charge in [-0.2, -0.15) is 0 Å². The Hall–Kier alpha value is -4.11. The molecule has 206 valence electrons. The molecule has 0 radical (unpaired) electrons. The summed E-state index contributed by atoms with van der Waals surface area (Å²) in [6.07, 6.45) is -0.397. The highest BCUT2D eigenvalue weighted by atomic mass is 16.6. The molecule has 3 amide bonds. The Morgan fingerprint density at radius 1 is 0.634 bits per heavy atom. The molecule has 8 rings (SSSR count). The van der Waals surface area contributed by atoms with Crippen LogP contribution in [0.15, 0.2) is 48.5 Å². The van der Waals surface area contributed by atoms with Crippen molar-refractivity contribution in [3.63, 3.8) is 0 Å². The van der Waals surface area contributed by atoms with Crippen molar-refractivity contribution in [1.29, 1.82) is 0 Å². The third kappa shape index (κ3) is 3.29. The van der Waals surface area contributed by atoms with Crippen molar-refractivity contribution < 1.29 is 19.1 Å². The van der Waals surface area contributed by atoms with Crippen molar-refractivity contribution in [2.75, 3.05) is 39.3 Å². The van der Waals surface area contributed by atoms with Crippen LogP contribution in [0.4, 0.5) is 0 Å². The molecule has 0 bridgehead atoms. The molecule has 2 N–H and O–H groups in total. The average molecular weight is 547 g/mol. The van der Waals surface area contributed by atoms with E-state index in [2.05, 4.69) is 29.7 Å². The lowest BCUT2D eigenvalue weighted by Crippen LogP contribution is -2.43. The number of carbonyl (C=O) groups excluding carboxylic acids is 3. The maximum atomic E-state index is 13.9. The van der Waals surface area contributed by atoms with Gasteiger partial charge in [0.05, 0.1) is 0 Å². The van der Waals surface area contributed by atoms with Crippen LogP contribution in [0, 0.1) is 0 Å². The number of carbonyl (C=O) groups is 3. The fraction of sp³-hybridized carbons (Fsp3) is 0.303. The number of rotatable bonds is 8. The molecule has 1 saturated heterocycles. The summed E-state index contributed by atoms with van der Waals surface area (Å²) < 4.78 is 6.09. The lowest BCUT2D eigenvalue weighted by Gasteiger charge is -2.28. The van der Waals surface area contributed by atoms with E-state index in [0.717, 1.165) is 61.7 Å². The van der Waals surface area contributed by atoms with Gasteiger partial charge in [0, 0.05) is 53.6 Å². The minimum Gasteiger partial charge on any atom is -0.342 e. The number of epoxide rings is 1. The van der Waals surface area contributed by atoms with Gasteiger partial charge < -0.3 is 20.3 Å². The van der Waals surface area contributed by atoms with E-state index in [1.165, 1.54) is 4.90 Å². The van der Waals surface area contributed by atoms with Gasteiger partial charge in [0.1, 0.15) is 6.10 Å². The Morgan fingerprint density at radius 3 is 1.73 bits per heavy atom. The fourth-order valence-corrected chi connectivity index (χ4v) is 7.08. The van der Waals surface area contributed by atoms with Crippen molar-refractivity contribution in [2.45, 2.75) is 26.2 Å². The smallest absolute Gasteiger partial charge is 0.261 e. The predicted octanol–water partition coefficient (Wildman–Crippen LogP) is 4.41. The first-order chi connectivity index (χ1) is 20.0. The molecule has 3 aliphatic heterocycles. The number of fused-ring (bicyclic) bond motifs is 4. The molecule has 1 fully saturated rings. The van der Waals surface area contributed by atoms with Gasteiger partial charge in [-0.1, -0.05) is 44.2 Å². The van der Waals surface area contributed by atoms with Gasteiger partial charge in [-0.25, -0.2) is 0 Å². The number of hydrogen-bond acceptors (Lipinski definition) is 6. The summed E-state index contributed by atoms with van der Waals surface area (Å²) in [6.45, 7) is 7.85. The SMILES string of the molecule is CCNCCN1C(=O)c2ccc3c4ccc5c6c(ccc(c7ccc(c2c37)C1=O)c64)C1OC1N(CCNCC)C5=O. The van der Waals surface area contributed by atoms with E-state index in [9.17, 15) is 14.4 Å². The zero-order valence-corrected chi connectivity index (χ0v) is 23.0. The molecule has 0 spiro atoms. The first-order valence-electron chi connectivity index (χ1n) is 14.5.